The van der Waals surface area contributed by atoms with Crippen LogP contribution in [0, 0.1) is 0 Å². The van der Waals surface area contributed by atoms with Gasteiger partial charge >= 0.3 is 0 Å². The summed E-state index contributed by atoms with van der Waals surface area (Å²) in [6, 6.07) is 23.5. The van der Waals surface area contributed by atoms with E-state index in [0.717, 1.165) is 5.02 Å². The van der Waals surface area contributed by atoms with Gasteiger partial charge in [0.15, 0.2) is 0 Å². The largest absolute Gasteiger partial charge is 0.135 e. The van der Waals surface area contributed by atoms with E-state index in [0.29, 0.717) is 0 Å². The number of hydrogen-bond acceptors (Lipinski definition) is 1. The van der Waals surface area contributed by atoms with Crippen LogP contribution in [0.5, 0.6) is 0 Å². The van der Waals surface area contributed by atoms with Crippen LogP contribution in [0.25, 0.3) is 41.7 Å². The molecule has 0 spiro atoms. The molecule has 2 heteroatoms. The van der Waals surface area contributed by atoms with Gasteiger partial charge in [-0.25, -0.2) is 0 Å². The Morgan fingerprint density at radius 3 is 2.23 bits per heavy atom. The molecule has 0 amide bonds. The van der Waals surface area contributed by atoms with E-state index in [4.69, 9.17) is 11.6 Å². The molecule has 0 atom stereocenters. The van der Waals surface area contributed by atoms with E-state index in [1.165, 1.54) is 41.7 Å². The first kappa shape index (κ1) is 12.5. The van der Waals surface area contributed by atoms with Gasteiger partial charge < -0.3 is 0 Å². The molecule has 104 valence electrons. The molecule has 0 saturated carbocycles. The summed E-state index contributed by atoms with van der Waals surface area (Å²) < 4.78 is 2.69. The summed E-state index contributed by atoms with van der Waals surface area (Å²) >= 11 is 8.12. The Hall–Kier alpha value is -2.09. The van der Waals surface area contributed by atoms with Gasteiger partial charge in [0.25, 0.3) is 0 Å². The van der Waals surface area contributed by atoms with Crippen LogP contribution in [-0.4, -0.2) is 0 Å². The molecule has 0 N–H and O–H groups in total. The topological polar surface area (TPSA) is 0 Å². The van der Waals surface area contributed by atoms with Gasteiger partial charge in [0.05, 0.1) is 0 Å². The zero-order valence-corrected chi connectivity index (χ0v) is 13.2. The Morgan fingerprint density at radius 1 is 0.636 bits per heavy atom. The van der Waals surface area contributed by atoms with Crippen LogP contribution in [0.15, 0.2) is 66.7 Å². The molecule has 0 aliphatic rings. The molecular weight excluding hydrogens is 308 g/mol. The summed E-state index contributed by atoms with van der Waals surface area (Å²) in [5, 5.41) is 8.61. The zero-order chi connectivity index (χ0) is 14.7. The van der Waals surface area contributed by atoms with E-state index < -0.39 is 0 Å². The van der Waals surface area contributed by atoms with E-state index in [2.05, 4.69) is 60.7 Å². The summed E-state index contributed by atoms with van der Waals surface area (Å²) in [5.74, 6) is 0. The second kappa shape index (κ2) is 4.45. The minimum absolute atomic E-state index is 0.790. The smallest absolute Gasteiger partial charge is 0.0440 e. The highest BCUT2D eigenvalue weighted by Crippen LogP contribution is 2.44. The molecule has 1 heterocycles. The minimum atomic E-state index is 0.790. The van der Waals surface area contributed by atoms with E-state index in [1.54, 1.807) is 0 Å². The third kappa shape index (κ3) is 1.58. The summed E-state index contributed by atoms with van der Waals surface area (Å²) in [7, 11) is 0. The van der Waals surface area contributed by atoms with Crippen molar-refractivity contribution in [3.05, 3.63) is 71.8 Å². The van der Waals surface area contributed by atoms with Crippen molar-refractivity contribution in [3.63, 3.8) is 0 Å². The normalized spacial score (nSPS) is 11.9. The van der Waals surface area contributed by atoms with Crippen molar-refractivity contribution in [1.82, 2.24) is 0 Å². The maximum Gasteiger partial charge on any atom is 0.0440 e. The summed E-state index contributed by atoms with van der Waals surface area (Å²) in [4.78, 5) is 0. The van der Waals surface area contributed by atoms with Crippen molar-refractivity contribution < 1.29 is 0 Å². The maximum atomic E-state index is 6.25. The highest BCUT2D eigenvalue weighted by molar-refractivity contribution is 7.27. The van der Waals surface area contributed by atoms with Crippen molar-refractivity contribution in [2.75, 3.05) is 0 Å². The first-order valence-corrected chi connectivity index (χ1v) is 8.43. The standard InChI is InChI=1S/C20H11ClS/c21-12-9-10-15-17(11-12)13-5-1-2-6-14(13)19-16-7-3-4-8-18(16)22-20(15)19/h1-11H. The molecule has 0 aliphatic carbocycles. The maximum absolute atomic E-state index is 6.25. The van der Waals surface area contributed by atoms with Gasteiger partial charge in [-0.15, -0.1) is 11.3 Å². The molecule has 0 unspecified atom stereocenters. The van der Waals surface area contributed by atoms with Crippen LogP contribution in [0.3, 0.4) is 0 Å². The minimum Gasteiger partial charge on any atom is -0.135 e. The highest BCUT2D eigenvalue weighted by atomic mass is 35.5. The third-order valence-corrected chi connectivity index (χ3v) is 5.75. The van der Waals surface area contributed by atoms with Crippen LogP contribution < -0.4 is 0 Å². The second-order valence-corrected chi connectivity index (χ2v) is 7.03. The molecule has 1 aromatic heterocycles. The van der Waals surface area contributed by atoms with Crippen molar-refractivity contribution in [1.29, 1.82) is 0 Å². The molecule has 0 bridgehead atoms. The lowest BCUT2D eigenvalue weighted by Gasteiger charge is -2.07. The predicted molar refractivity (Wildman–Crippen MR) is 99.4 cm³/mol. The SMILES string of the molecule is Clc1ccc2c(c1)c1ccccc1c1c3ccccc3sc21. The fourth-order valence-corrected chi connectivity index (χ4v) is 4.80. The number of thiophene rings is 1. The molecule has 0 radical (unpaired) electrons. The van der Waals surface area contributed by atoms with Crippen LogP contribution in [0.2, 0.25) is 5.02 Å². The Balaban J connectivity index is 2.22. The third-order valence-electron chi connectivity index (χ3n) is 4.31. The average Bonchev–Trinajstić information content (AvgIpc) is 2.94. The zero-order valence-electron chi connectivity index (χ0n) is 11.6. The molecule has 0 fully saturated rings. The van der Waals surface area contributed by atoms with Gasteiger partial charge in [0.1, 0.15) is 0 Å². The van der Waals surface area contributed by atoms with Crippen molar-refractivity contribution in [3.8, 4) is 0 Å². The van der Waals surface area contributed by atoms with Gasteiger partial charge in [-0.05, 0) is 34.4 Å². The molecule has 0 nitrogen and oxygen atoms in total. The fourth-order valence-electron chi connectivity index (χ4n) is 3.38. The first-order chi connectivity index (χ1) is 10.8. The van der Waals surface area contributed by atoms with Crippen LogP contribution in [-0.2, 0) is 0 Å². The van der Waals surface area contributed by atoms with E-state index >= 15 is 0 Å². The number of fused-ring (bicyclic) bond motifs is 8. The quantitative estimate of drug-likeness (QED) is 0.269. The molecule has 0 aliphatic heterocycles. The summed E-state index contributed by atoms with van der Waals surface area (Å²) in [5.41, 5.74) is 0. The lowest BCUT2D eigenvalue weighted by atomic mass is 9.97. The number of halogens is 1. The Kier molecular flexibility index (Phi) is 2.52. The monoisotopic (exact) mass is 318 g/mol. The number of rotatable bonds is 0. The van der Waals surface area contributed by atoms with Crippen LogP contribution >= 0.6 is 22.9 Å². The Morgan fingerprint density at radius 2 is 1.36 bits per heavy atom. The lowest BCUT2D eigenvalue weighted by molar-refractivity contribution is 1.80. The molecule has 5 aromatic rings. The Bertz CT molecular complexity index is 1180. The van der Waals surface area contributed by atoms with Gasteiger partial charge in [0.2, 0.25) is 0 Å². The average molecular weight is 319 g/mol. The van der Waals surface area contributed by atoms with Crippen molar-refractivity contribution >= 4 is 64.7 Å². The van der Waals surface area contributed by atoms with Crippen molar-refractivity contribution in [2.24, 2.45) is 0 Å². The lowest BCUT2D eigenvalue weighted by Crippen LogP contribution is -1.80. The van der Waals surface area contributed by atoms with Gasteiger partial charge in [-0.3, -0.25) is 0 Å². The fraction of sp³-hybridized carbons (Fsp3) is 0. The molecular formula is C20H11ClS. The summed E-state index contributed by atoms with van der Waals surface area (Å²) in [6.07, 6.45) is 0. The van der Waals surface area contributed by atoms with Gasteiger partial charge in [-0.2, -0.15) is 0 Å². The molecule has 5 rings (SSSR count). The number of hydrogen-bond donors (Lipinski definition) is 0. The molecule has 0 saturated heterocycles. The first-order valence-electron chi connectivity index (χ1n) is 7.24. The van der Waals surface area contributed by atoms with E-state index in [1.807, 2.05) is 17.4 Å². The van der Waals surface area contributed by atoms with Crippen molar-refractivity contribution in [2.45, 2.75) is 0 Å². The van der Waals surface area contributed by atoms with Gasteiger partial charge in [0, 0.05) is 30.6 Å². The van der Waals surface area contributed by atoms with Crippen LogP contribution in [0.4, 0.5) is 0 Å². The Labute approximate surface area is 136 Å². The van der Waals surface area contributed by atoms with E-state index in [-0.39, 0.29) is 0 Å². The van der Waals surface area contributed by atoms with Crippen LogP contribution in [0.1, 0.15) is 0 Å². The second-order valence-electron chi connectivity index (χ2n) is 5.54. The predicted octanol–water partition coefficient (Wildman–Crippen LogP) is 7.01. The molecule has 4 aromatic carbocycles. The highest BCUT2D eigenvalue weighted by Gasteiger charge is 2.13. The molecule has 22 heavy (non-hydrogen) atoms. The number of benzene rings is 4. The van der Waals surface area contributed by atoms with Gasteiger partial charge in [-0.1, -0.05) is 60.1 Å². The summed E-state index contributed by atoms with van der Waals surface area (Å²) in [6.45, 7) is 0. The van der Waals surface area contributed by atoms with E-state index in [9.17, 15) is 0 Å².